The van der Waals surface area contributed by atoms with Gasteiger partial charge in [0.05, 0.1) is 11.8 Å². The number of anilines is 2. The van der Waals surface area contributed by atoms with Gasteiger partial charge in [0.15, 0.2) is 0 Å². The molecule has 1 saturated heterocycles. The average molecular weight is 483 g/mol. The van der Waals surface area contributed by atoms with Gasteiger partial charge in [-0.3, -0.25) is 4.79 Å². The summed E-state index contributed by atoms with van der Waals surface area (Å²) in [7, 11) is 1.53. The van der Waals surface area contributed by atoms with Gasteiger partial charge in [-0.05, 0) is 55.5 Å². The molecule has 1 amide bonds. The van der Waals surface area contributed by atoms with Crippen molar-refractivity contribution in [2.45, 2.75) is 43.7 Å². The van der Waals surface area contributed by atoms with E-state index in [1.807, 2.05) is 0 Å². The molecule has 11 heteroatoms. The van der Waals surface area contributed by atoms with E-state index in [9.17, 15) is 31.1 Å². The van der Waals surface area contributed by atoms with Gasteiger partial charge in [-0.2, -0.15) is 26.3 Å². The zero-order valence-electron chi connectivity index (χ0n) is 17.8. The van der Waals surface area contributed by atoms with E-state index in [0.29, 0.717) is 36.6 Å². The number of piperidine rings is 1. The molecule has 2 fully saturated rings. The van der Waals surface area contributed by atoms with Crippen molar-refractivity contribution in [3.8, 4) is 0 Å². The summed E-state index contributed by atoms with van der Waals surface area (Å²) in [6, 6.07) is 6.21. The van der Waals surface area contributed by atoms with E-state index in [-0.39, 0.29) is 18.0 Å². The molecule has 1 aliphatic carbocycles. The van der Waals surface area contributed by atoms with E-state index >= 15 is 0 Å². The highest BCUT2D eigenvalue weighted by Crippen LogP contribution is 2.47. The number of likely N-dealkylation sites (N-methyl/N-ethyl adjacent to an activating group) is 1. The van der Waals surface area contributed by atoms with Gasteiger partial charge in [0.2, 0.25) is 5.91 Å². The Morgan fingerprint density at radius 3 is 2.53 bits per heavy atom. The average Bonchev–Trinajstić information content (AvgIpc) is 3.51. The first-order chi connectivity index (χ1) is 15.9. The number of rotatable bonds is 3. The van der Waals surface area contributed by atoms with Crippen LogP contribution in [0, 0.1) is 5.92 Å². The van der Waals surface area contributed by atoms with Crippen LogP contribution >= 0.6 is 0 Å². The zero-order valence-corrected chi connectivity index (χ0v) is 17.8. The zero-order chi connectivity index (χ0) is 24.4. The van der Waals surface area contributed by atoms with Crippen molar-refractivity contribution in [3.05, 3.63) is 53.9 Å². The second-order valence-electron chi connectivity index (χ2n) is 8.71. The van der Waals surface area contributed by atoms with Gasteiger partial charge in [-0.15, -0.1) is 0 Å². The molecule has 1 saturated carbocycles. The van der Waals surface area contributed by atoms with E-state index in [0.717, 1.165) is 5.39 Å². The van der Waals surface area contributed by atoms with Crippen LogP contribution in [-0.2, 0) is 17.1 Å². The molecule has 180 valence electrons. The number of alkyl halides is 6. The molecule has 1 aromatic carbocycles. The SMILES string of the molecule is CN(C(=O)[C@@H]1[C@H]2CC[C@H](C2)N1c1cc(C(F)(F)F)cc(C(F)(F)F)n1)c1ccc2ccoc2c1. The minimum atomic E-state index is -5.07. The van der Waals surface area contributed by atoms with Gasteiger partial charge < -0.3 is 14.2 Å². The summed E-state index contributed by atoms with van der Waals surface area (Å²) in [6.07, 6.45) is -6.83. The lowest BCUT2D eigenvalue weighted by atomic mass is 9.97. The molecular weight excluding hydrogens is 464 g/mol. The maximum absolute atomic E-state index is 13.5. The van der Waals surface area contributed by atoms with Gasteiger partial charge in [-0.1, -0.05) is 0 Å². The second kappa shape index (κ2) is 7.64. The van der Waals surface area contributed by atoms with E-state index in [4.69, 9.17) is 4.42 Å². The van der Waals surface area contributed by atoms with Gasteiger partial charge in [0.1, 0.15) is 23.1 Å². The van der Waals surface area contributed by atoms with Crippen LogP contribution in [0.3, 0.4) is 0 Å². The predicted octanol–water partition coefficient (Wildman–Crippen LogP) is 5.89. The first-order valence-corrected chi connectivity index (χ1v) is 10.6. The summed E-state index contributed by atoms with van der Waals surface area (Å²) in [5.74, 6) is -1.11. The highest BCUT2D eigenvalue weighted by Gasteiger charge is 2.51. The molecule has 3 atom stereocenters. The first kappa shape index (κ1) is 22.5. The normalized spacial score (nSPS) is 22.6. The summed E-state index contributed by atoms with van der Waals surface area (Å²) < 4.78 is 85.8. The number of halogens is 6. The van der Waals surface area contributed by atoms with Crippen LogP contribution in [-0.4, -0.2) is 30.0 Å². The predicted molar refractivity (Wildman–Crippen MR) is 111 cm³/mol. The molecule has 3 heterocycles. The Hall–Kier alpha value is -3.24. The number of carbonyl (C=O) groups excluding carboxylic acids is 1. The fourth-order valence-corrected chi connectivity index (χ4v) is 5.07. The fraction of sp³-hybridized carbons (Fsp3) is 0.391. The maximum atomic E-state index is 13.5. The molecule has 1 aliphatic heterocycles. The van der Waals surface area contributed by atoms with E-state index in [1.54, 1.807) is 24.3 Å². The van der Waals surface area contributed by atoms with Gasteiger partial charge >= 0.3 is 12.4 Å². The van der Waals surface area contributed by atoms with Crippen molar-refractivity contribution in [1.82, 2.24) is 4.98 Å². The van der Waals surface area contributed by atoms with Gasteiger partial charge in [-0.25, -0.2) is 4.98 Å². The number of hydrogen-bond acceptors (Lipinski definition) is 4. The number of carbonyl (C=O) groups is 1. The Bertz CT molecular complexity index is 1220. The van der Waals surface area contributed by atoms with Crippen molar-refractivity contribution in [2.75, 3.05) is 16.8 Å². The molecule has 0 unspecified atom stereocenters. The lowest BCUT2D eigenvalue weighted by Gasteiger charge is -2.37. The number of amides is 1. The minimum absolute atomic E-state index is 0.000635. The molecule has 34 heavy (non-hydrogen) atoms. The van der Waals surface area contributed by atoms with Crippen molar-refractivity contribution in [1.29, 1.82) is 0 Å². The Morgan fingerprint density at radius 2 is 1.82 bits per heavy atom. The fourth-order valence-electron chi connectivity index (χ4n) is 5.07. The van der Waals surface area contributed by atoms with Crippen LogP contribution < -0.4 is 9.80 Å². The van der Waals surface area contributed by atoms with Crippen LogP contribution in [0.1, 0.15) is 30.5 Å². The molecule has 0 spiro atoms. The number of fused-ring (bicyclic) bond motifs is 3. The number of nitrogens with zero attached hydrogens (tertiary/aromatic N) is 3. The Labute approximate surface area is 189 Å². The van der Waals surface area contributed by atoms with E-state index in [1.165, 1.54) is 23.1 Å². The third-order valence-corrected chi connectivity index (χ3v) is 6.69. The lowest BCUT2D eigenvalue weighted by Crippen LogP contribution is -2.51. The molecule has 2 bridgehead atoms. The lowest BCUT2D eigenvalue weighted by molar-refractivity contribution is -0.145. The summed E-state index contributed by atoms with van der Waals surface area (Å²) in [5, 5.41) is 0.832. The summed E-state index contributed by atoms with van der Waals surface area (Å²) >= 11 is 0. The van der Waals surface area contributed by atoms with Gasteiger partial charge in [0, 0.05) is 30.2 Å². The van der Waals surface area contributed by atoms with E-state index in [2.05, 4.69) is 4.98 Å². The molecule has 2 aromatic heterocycles. The maximum Gasteiger partial charge on any atom is 0.433 e. The van der Waals surface area contributed by atoms with Crippen molar-refractivity contribution in [2.24, 2.45) is 5.92 Å². The number of benzene rings is 1. The van der Waals surface area contributed by atoms with Gasteiger partial charge in [0.25, 0.3) is 0 Å². The number of pyridine rings is 1. The molecule has 5 rings (SSSR count). The topological polar surface area (TPSA) is 49.6 Å². The monoisotopic (exact) mass is 483 g/mol. The largest absolute Gasteiger partial charge is 0.464 e. The quantitative estimate of drug-likeness (QED) is 0.437. The number of aromatic nitrogens is 1. The molecule has 5 nitrogen and oxygen atoms in total. The molecule has 0 radical (unpaired) electrons. The summed E-state index contributed by atoms with van der Waals surface area (Å²) in [4.78, 5) is 19.8. The van der Waals surface area contributed by atoms with Crippen LogP contribution in [0.4, 0.5) is 37.8 Å². The number of hydrogen-bond donors (Lipinski definition) is 0. The first-order valence-electron chi connectivity index (χ1n) is 10.6. The highest BCUT2D eigenvalue weighted by atomic mass is 19.4. The molecule has 2 aliphatic rings. The molecule has 0 N–H and O–H groups in total. The summed E-state index contributed by atoms with van der Waals surface area (Å²) in [5.41, 5.74) is -2.03. The van der Waals surface area contributed by atoms with Crippen molar-refractivity contribution >= 4 is 28.4 Å². The smallest absolute Gasteiger partial charge is 0.433 e. The molecular formula is C23H19F6N3O2. The Kier molecular flexibility index (Phi) is 5.07. The van der Waals surface area contributed by atoms with Crippen molar-refractivity contribution < 1.29 is 35.6 Å². The third kappa shape index (κ3) is 3.76. The van der Waals surface area contributed by atoms with Crippen LogP contribution in [0.5, 0.6) is 0 Å². The molecule has 3 aromatic rings. The highest BCUT2D eigenvalue weighted by molar-refractivity contribution is 6.00. The van der Waals surface area contributed by atoms with Crippen LogP contribution in [0.2, 0.25) is 0 Å². The van der Waals surface area contributed by atoms with Crippen LogP contribution in [0.15, 0.2) is 47.1 Å². The summed E-state index contributed by atoms with van der Waals surface area (Å²) in [6.45, 7) is 0. The minimum Gasteiger partial charge on any atom is -0.464 e. The number of furan rings is 1. The Balaban J connectivity index is 1.54. The second-order valence-corrected chi connectivity index (χ2v) is 8.71. The van der Waals surface area contributed by atoms with E-state index < -0.39 is 41.4 Å². The third-order valence-electron chi connectivity index (χ3n) is 6.69. The standard InChI is InChI=1S/C23H19F6N3O2/c1-31(15-4-2-12-6-7-34-17(12)11-15)21(33)20-13-3-5-16(8-13)32(20)19-10-14(22(24,25)26)9-18(30-19)23(27,28)29/h2,4,6-7,9-11,13,16,20H,3,5,8H2,1H3/t13-,16+,20-/m0/s1. The Morgan fingerprint density at radius 1 is 1.06 bits per heavy atom. The van der Waals surface area contributed by atoms with Crippen molar-refractivity contribution in [3.63, 3.8) is 0 Å². The van der Waals surface area contributed by atoms with Crippen LogP contribution in [0.25, 0.3) is 11.0 Å².